The molecule has 11 rings (SSSR count). The summed E-state index contributed by atoms with van der Waals surface area (Å²) < 4.78 is 0. The number of pyridine rings is 2. The molecule has 2 heterocycles. The van der Waals surface area contributed by atoms with Crippen LogP contribution in [0.25, 0.3) is 93.7 Å². The molecule has 8 aromatic carbocycles. The number of hydrogen-bond acceptors (Lipinski definition) is 2. The standard InChI is InChI=1S/C52H34N2/c1-3-13-35-29-38(23-21-33(35)11-1)50-43-17-6-7-18-44(43)51(39-24-22-34-12-2-4-14-36(34)30-39)47-31-37(25-27-45(47)50)40-26-28-49(53-32-40)52-46-19-8-5-15-41(46)42-16-9-10-20-48(42)54-52/h1-30,32,37H,31H2. The Morgan fingerprint density at radius 3 is 1.72 bits per heavy atom. The van der Waals surface area contributed by atoms with E-state index >= 15 is 0 Å². The first-order chi connectivity index (χ1) is 26.8. The van der Waals surface area contributed by atoms with Gasteiger partial charge >= 0.3 is 0 Å². The van der Waals surface area contributed by atoms with Crippen molar-refractivity contribution in [3.8, 4) is 33.6 Å². The predicted molar refractivity (Wildman–Crippen MR) is 228 cm³/mol. The van der Waals surface area contributed by atoms with E-state index in [0.717, 1.165) is 34.1 Å². The molecular formula is C52H34N2. The van der Waals surface area contributed by atoms with Crippen molar-refractivity contribution in [2.45, 2.75) is 12.3 Å². The Bertz CT molecular complexity index is 3140. The molecule has 1 aliphatic carbocycles. The Labute approximate surface area is 313 Å². The summed E-state index contributed by atoms with van der Waals surface area (Å²) in [6, 6.07) is 61.5. The second-order valence-corrected chi connectivity index (χ2v) is 14.5. The average molecular weight is 687 g/mol. The van der Waals surface area contributed by atoms with E-state index in [1.165, 1.54) is 76.6 Å². The molecule has 252 valence electrons. The van der Waals surface area contributed by atoms with Crippen molar-refractivity contribution in [1.82, 2.24) is 9.97 Å². The Morgan fingerprint density at radius 2 is 1.04 bits per heavy atom. The summed E-state index contributed by atoms with van der Waals surface area (Å²) >= 11 is 0. The molecule has 0 N–H and O–H groups in total. The van der Waals surface area contributed by atoms with Crippen LogP contribution in [0.3, 0.4) is 0 Å². The van der Waals surface area contributed by atoms with Crippen LogP contribution in [0.4, 0.5) is 0 Å². The van der Waals surface area contributed by atoms with Gasteiger partial charge in [0, 0.05) is 22.9 Å². The van der Waals surface area contributed by atoms with Gasteiger partial charge in [-0.1, -0.05) is 158 Å². The second-order valence-electron chi connectivity index (χ2n) is 14.5. The molecule has 0 spiro atoms. The normalized spacial score (nSPS) is 14.0. The first kappa shape index (κ1) is 30.7. The first-order valence-electron chi connectivity index (χ1n) is 18.7. The molecule has 0 saturated carbocycles. The highest BCUT2D eigenvalue weighted by atomic mass is 14.8. The topological polar surface area (TPSA) is 25.8 Å². The van der Waals surface area contributed by atoms with Gasteiger partial charge in [-0.05, 0) is 107 Å². The summed E-state index contributed by atoms with van der Waals surface area (Å²) in [5.74, 6) is 0.171. The zero-order valence-electron chi connectivity index (χ0n) is 29.6. The number of allylic oxidation sites excluding steroid dienone is 1. The van der Waals surface area contributed by atoms with Crippen LogP contribution in [-0.4, -0.2) is 9.97 Å². The van der Waals surface area contributed by atoms with Gasteiger partial charge < -0.3 is 0 Å². The van der Waals surface area contributed by atoms with Gasteiger partial charge in [0.25, 0.3) is 0 Å². The minimum absolute atomic E-state index is 0.171. The fourth-order valence-corrected chi connectivity index (χ4v) is 8.83. The Kier molecular flexibility index (Phi) is 7.03. The molecule has 0 bridgehead atoms. The lowest BCUT2D eigenvalue weighted by Crippen LogP contribution is -2.10. The average Bonchev–Trinajstić information content (AvgIpc) is 3.25. The summed E-state index contributed by atoms with van der Waals surface area (Å²) in [7, 11) is 0. The maximum Gasteiger partial charge on any atom is 0.0972 e. The quantitative estimate of drug-likeness (QED) is 0.172. The number of benzene rings is 8. The number of aromatic nitrogens is 2. The molecule has 2 heteroatoms. The minimum atomic E-state index is 0.171. The van der Waals surface area contributed by atoms with E-state index in [-0.39, 0.29) is 5.92 Å². The molecule has 1 unspecified atom stereocenters. The highest BCUT2D eigenvalue weighted by molar-refractivity contribution is 6.12. The molecule has 0 radical (unpaired) electrons. The van der Waals surface area contributed by atoms with Crippen LogP contribution in [0.1, 0.15) is 22.6 Å². The summed E-state index contributed by atoms with van der Waals surface area (Å²) in [5, 5.41) is 11.1. The Balaban J connectivity index is 1.08. The van der Waals surface area contributed by atoms with E-state index < -0.39 is 0 Å². The van der Waals surface area contributed by atoms with E-state index in [4.69, 9.17) is 9.97 Å². The van der Waals surface area contributed by atoms with Gasteiger partial charge in [-0.25, -0.2) is 4.98 Å². The molecular weight excluding hydrogens is 653 g/mol. The van der Waals surface area contributed by atoms with E-state index in [9.17, 15) is 0 Å². The van der Waals surface area contributed by atoms with Crippen molar-refractivity contribution in [1.29, 1.82) is 0 Å². The van der Waals surface area contributed by atoms with Crippen LogP contribution in [-0.2, 0) is 6.42 Å². The van der Waals surface area contributed by atoms with Crippen molar-refractivity contribution in [2.75, 3.05) is 0 Å². The van der Waals surface area contributed by atoms with Crippen molar-refractivity contribution < 1.29 is 0 Å². The van der Waals surface area contributed by atoms with Gasteiger partial charge in [0.15, 0.2) is 0 Å². The van der Waals surface area contributed by atoms with Crippen LogP contribution in [0.15, 0.2) is 182 Å². The lowest BCUT2D eigenvalue weighted by molar-refractivity contribution is 0.824. The van der Waals surface area contributed by atoms with Gasteiger partial charge in [0.05, 0.1) is 16.9 Å². The van der Waals surface area contributed by atoms with Crippen molar-refractivity contribution in [3.05, 3.63) is 199 Å². The van der Waals surface area contributed by atoms with Crippen molar-refractivity contribution in [2.24, 2.45) is 0 Å². The van der Waals surface area contributed by atoms with Gasteiger partial charge in [-0.3, -0.25) is 4.98 Å². The molecule has 2 nitrogen and oxygen atoms in total. The predicted octanol–water partition coefficient (Wildman–Crippen LogP) is 13.6. The second kappa shape index (κ2) is 12.4. The lowest BCUT2D eigenvalue weighted by Gasteiger charge is -2.27. The van der Waals surface area contributed by atoms with Crippen LogP contribution < -0.4 is 0 Å². The molecule has 0 amide bonds. The van der Waals surface area contributed by atoms with Crippen molar-refractivity contribution >= 4 is 60.1 Å². The monoisotopic (exact) mass is 686 g/mol. The zero-order chi connectivity index (χ0) is 35.6. The fraction of sp³-hybridized carbons (Fsp3) is 0.0385. The summed E-state index contributed by atoms with van der Waals surface area (Å²) in [4.78, 5) is 10.2. The number of fused-ring (bicyclic) bond motifs is 7. The maximum atomic E-state index is 5.12. The van der Waals surface area contributed by atoms with Gasteiger partial charge in [0.2, 0.25) is 0 Å². The highest BCUT2D eigenvalue weighted by Gasteiger charge is 2.26. The molecule has 2 aromatic heterocycles. The fourth-order valence-electron chi connectivity index (χ4n) is 8.83. The zero-order valence-corrected chi connectivity index (χ0v) is 29.6. The number of rotatable bonds is 4. The molecule has 0 aliphatic heterocycles. The van der Waals surface area contributed by atoms with Crippen molar-refractivity contribution in [3.63, 3.8) is 0 Å². The third kappa shape index (κ3) is 4.95. The summed E-state index contributed by atoms with van der Waals surface area (Å²) in [6.07, 6.45) is 7.73. The Hall–Kier alpha value is -6.90. The van der Waals surface area contributed by atoms with E-state index in [0.29, 0.717) is 0 Å². The lowest BCUT2D eigenvalue weighted by atomic mass is 9.76. The smallest absolute Gasteiger partial charge is 0.0972 e. The van der Waals surface area contributed by atoms with Crippen LogP contribution in [0.2, 0.25) is 0 Å². The minimum Gasteiger partial charge on any atom is -0.254 e. The van der Waals surface area contributed by atoms with Crippen LogP contribution >= 0.6 is 0 Å². The molecule has 1 aliphatic rings. The summed E-state index contributed by atoms with van der Waals surface area (Å²) in [6.45, 7) is 0. The molecule has 1 atom stereocenters. The van der Waals surface area contributed by atoms with E-state index in [2.05, 4.69) is 188 Å². The largest absolute Gasteiger partial charge is 0.254 e. The maximum absolute atomic E-state index is 5.12. The highest BCUT2D eigenvalue weighted by Crippen LogP contribution is 2.47. The number of para-hydroxylation sites is 1. The van der Waals surface area contributed by atoms with Gasteiger partial charge in [-0.15, -0.1) is 0 Å². The third-order valence-corrected chi connectivity index (χ3v) is 11.4. The first-order valence-corrected chi connectivity index (χ1v) is 18.7. The Morgan fingerprint density at radius 1 is 0.463 bits per heavy atom. The van der Waals surface area contributed by atoms with Gasteiger partial charge in [0.1, 0.15) is 0 Å². The van der Waals surface area contributed by atoms with E-state index in [1.54, 1.807) is 0 Å². The van der Waals surface area contributed by atoms with Gasteiger partial charge in [-0.2, -0.15) is 0 Å². The SMILES string of the molecule is C1=CC(c2ccc(-c3nc4ccccc4c4ccccc34)nc2)Cc2c1c(-c1ccc3ccccc3c1)c1ccccc1c2-c1ccc2ccccc2c1. The molecule has 0 saturated heterocycles. The van der Waals surface area contributed by atoms with Crippen LogP contribution in [0.5, 0.6) is 0 Å². The molecule has 0 fully saturated rings. The molecule has 10 aromatic rings. The van der Waals surface area contributed by atoms with E-state index in [1.807, 2.05) is 0 Å². The van der Waals surface area contributed by atoms with Crippen LogP contribution in [0, 0.1) is 0 Å². The summed E-state index contributed by atoms with van der Waals surface area (Å²) in [5.41, 5.74) is 11.8. The number of nitrogens with zero attached hydrogens (tertiary/aromatic N) is 2. The number of hydrogen-bond donors (Lipinski definition) is 0. The third-order valence-electron chi connectivity index (χ3n) is 11.4. The molecule has 54 heavy (non-hydrogen) atoms.